The Morgan fingerprint density at radius 2 is 1.96 bits per heavy atom. The number of rotatable bonds is 2. The summed E-state index contributed by atoms with van der Waals surface area (Å²) in [6.45, 7) is 6.58. The van der Waals surface area contributed by atoms with Crippen LogP contribution in [-0.2, 0) is 9.53 Å². The van der Waals surface area contributed by atoms with Gasteiger partial charge in [0.2, 0.25) is 5.91 Å². The van der Waals surface area contributed by atoms with E-state index in [0.29, 0.717) is 13.1 Å². The monoisotopic (exact) mass is 396 g/mol. The van der Waals surface area contributed by atoms with Gasteiger partial charge in [0, 0.05) is 24.6 Å². The van der Waals surface area contributed by atoms with Gasteiger partial charge in [-0.2, -0.15) is 0 Å². The van der Waals surface area contributed by atoms with Gasteiger partial charge in [-0.25, -0.2) is 4.79 Å². The quantitative estimate of drug-likeness (QED) is 0.756. The van der Waals surface area contributed by atoms with Crippen LogP contribution in [0.5, 0.6) is 0 Å². The minimum atomic E-state index is -0.528. The zero-order valence-electron chi connectivity index (χ0n) is 14.7. The van der Waals surface area contributed by atoms with Gasteiger partial charge in [-0.1, -0.05) is 12.1 Å². The number of halogens is 1. The van der Waals surface area contributed by atoms with Crippen molar-refractivity contribution in [2.45, 2.75) is 39.2 Å². The third-order valence-corrected chi connectivity index (χ3v) is 4.64. The van der Waals surface area contributed by atoms with Gasteiger partial charge in [-0.15, -0.1) is 0 Å². The van der Waals surface area contributed by atoms with E-state index in [1.165, 1.54) is 0 Å². The molecule has 0 aromatic heterocycles. The molecule has 1 atom stereocenters. The zero-order valence-corrected chi connectivity index (χ0v) is 16.3. The summed E-state index contributed by atoms with van der Waals surface area (Å²) in [5.41, 5.74) is 0.302. The van der Waals surface area contributed by atoms with Gasteiger partial charge in [0.1, 0.15) is 5.60 Å². The summed E-state index contributed by atoms with van der Waals surface area (Å²) < 4.78 is 6.30. The Morgan fingerprint density at radius 3 is 2.58 bits per heavy atom. The van der Waals surface area contributed by atoms with Crippen LogP contribution in [0, 0.1) is 5.92 Å². The van der Waals surface area contributed by atoms with Crippen LogP contribution in [0.4, 0.5) is 10.5 Å². The average molecular weight is 397 g/mol. The fraction of sp³-hybridized carbons (Fsp3) is 0.556. The normalized spacial score (nSPS) is 18.2. The van der Waals surface area contributed by atoms with E-state index in [-0.39, 0.29) is 17.9 Å². The maximum atomic E-state index is 12.8. The molecular formula is C18H25BrN2O3. The molecule has 0 N–H and O–H groups in total. The van der Waals surface area contributed by atoms with E-state index in [0.717, 1.165) is 23.0 Å². The molecule has 1 aromatic carbocycles. The average Bonchev–Trinajstić information content (AvgIpc) is 2.52. The van der Waals surface area contributed by atoms with Crippen LogP contribution >= 0.6 is 15.9 Å². The number of anilines is 1. The lowest BCUT2D eigenvalue weighted by Crippen LogP contribution is -2.47. The number of carbonyl (C=O) groups is 2. The molecule has 2 amide bonds. The molecule has 1 fully saturated rings. The molecule has 132 valence electrons. The lowest BCUT2D eigenvalue weighted by atomic mass is 9.96. The highest BCUT2D eigenvalue weighted by Gasteiger charge is 2.32. The second-order valence-electron chi connectivity index (χ2n) is 7.11. The van der Waals surface area contributed by atoms with Gasteiger partial charge in [-0.3, -0.25) is 4.79 Å². The summed E-state index contributed by atoms with van der Waals surface area (Å²) in [7, 11) is 1.77. The summed E-state index contributed by atoms with van der Waals surface area (Å²) in [6, 6.07) is 7.62. The smallest absolute Gasteiger partial charge is 0.410 e. The van der Waals surface area contributed by atoms with Crippen molar-refractivity contribution in [3.8, 4) is 0 Å². The van der Waals surface area contributed by atoms with E-state index < -0.39 is 5.60 Å². The second kappa shape index (κ2) is 7.55. The Bertz CT molecular complexity index is 613. The number of ether oxygens (including phenoxy) is 1. The standard InChI is InChI=1S/C18H25BrN2O3/c1-18(2,3)24-17(23)21-11-7-8-13(12-21)16(22)20(4)15-10-6-5-9-14(15)19/h5-6,9-10,13H,7-8,11-12H2,1-4H3. The van der Waals surface area contributed by atoms with E-state index in [4.69, 9.17) is 4.74 Å². The van der Waals surface area contributed by atoms with E-state index in [9.17, 15) is 9.59 Å². The van der Waals surface area contributed by atoms with Crippen LogP contribution in [0.25, 0.3) is 0 Å². The van der Waals surface area contributed by atoms with Crippen molar-refractivity contribution in [1.82, 2.24) is 4.90 Å². The number of benzene rings is 1. The largest absolute Gasteiger partial charge is 0.444 e. The first kappa shape index (κ1) is 18.8. The van der Waals surface area contributed by atoms with Crippen molar-refractivity contribution in [2.75, 3.05) is 25.0 Å². The lowest BCUT2D eigenvalue weighted by molar-refractivity contribution is -0.123. The highest BCUT2D eigenvalue weighted by atomic mass is 79.9. The molecule has 0 aliphatic carbocycles. The van der Waals surface area contributed by atoms with Crippen LogP contribution in [0.2, 0.25) is 0 Å². The fourth-order valence-corrected chi connectivity index (χ4v) is 3.34. The molecule has 2 rings (SSSR count). The number of para-hydroxylation sites is 1. The third-order valence-electron chi connectivity index (χ3n) is 3.97. The number of likely N-dealkylation sites (tertiary alicyclic amines) is 1. The molecule has 0 spiro atoms. The predicted octanol–water partition coefficient (Wildman–Crippen LogP) is 4.06. The summed E-state index contributed by atoms with van der Waals surface area (Å²) in [5.74, 6) is -0.182. The first-order valence-corrected chi connectivity index (χ1v) is 8.98. The maximum absolute atomic E-state index is 12.8. The number of hydrogen-bond donors (Lipinski definition) is 0. The SMILES string of the molecule is CN(C(=O)C1CCCN(C(=O)OC(C)(C)C)C1)c1ccccc1Br. The molecule has 24 heavy (non-hydrogen) atoms. The molecule has 1 saturated heterocycles. The van der Waals surface area contributed by atoms with Crippen LogP contribution in [0.3, 0.4) is 0 Å². The first-order chi connectivity index (χ1) is 11.2. The molecular weight excluding hydrogens is 372 g/mol. The van der Waals surface area contributed by atoms with Crippen LogP contribution in [0.1, 0.15) is 33.6 Å². The number of hydrogen-bond acceptors (Lipinski definition) is 3. The summed E-state index contributed by atoms with van der Waals surface area (Å²) in [6.07, 6.45) is 1.25. The predicted molar refractivity (Wildman–Crippen MR) is 98.1 cm³/mol. The van der Waals surface area contributed by atoms with E-state index in [2.05, 4.69) is 15.9 Å². The summed E-state index contributed by atoms with van der Waals surface area (Å²) in [4.78, 5) is 28.4. The molecule has 0 bridgehead atoms. The molecule has 1 aromatic rings. The Hall–Kier alpha value is -1.56. The molecule has 1 aliphatic rings. The van der Waals surface area contributed by atoms with Crippen LogP contribution in [-0.4, -0.2) is 42.6 Å². The number of amides is 2. The number of piperidine rings is 1. The van der Waals surface area contributed by atoms with Crippen molar-refractivity contribution in [3.05, 3.63) is 28.7 Å². The van der Waals surface area contributed by atoms with Crippen molar-refractivity contribution in [3.63, 3.8) is 0 Å². The Morgan fingerprint density at radius 1 is 1.29 bits per heavy atom. The Balaban J connectivity index is 2.05. The molecule has 1 aliphatic heterocycles. The first-order valence-electron chi connectivity index (χ1n) is 8.19. The summed E-state index contributed by atoms with van der Waals surface area (Å²) in [5, 5.41) is 0. The zero-order chi connectivity index (χ0) is 17.9. The molecule has 0 radical (unpaired) electrons. The third kappa shape index (κ3) is 4.72. The maximum Gasteiger partial charge on any atom is 0.410 e. The highest BCUT2D eigenvalue weighted by molar-refractivity contribution is 9.10. The van der Waals surface area contributed by atoms with Gasteiger partial charge in [0.15, 0.2) is 0 Å². The molecule has 1 heterocycles. The topological polar surface area (TPSA) is 49.9 Å². The number of nitrogens with zero attached hydrogens (tertiary/aromatic N) is 2. The van der Waals surface area contributed by atoms with E-state index in [1.54, 1.807) is 16.8 Å². The van der Waals surface area contributed by atoms with Gasteiger partial charge in [0.05, 0.1) is 11.6 Å². The van der Waals surface area contributed by atoms with E-state index >= 15 is 0 Å². The van der Waals surface area contributed by atoms with Gasteiger partial charge in [0.25, 0.3) is 0 Å². The van der Waals surface area contributed by atoms with Crippen LogP contribution in [0.15, 0.2) is 28.7 Å². The summed E-state index contributed by atoms with van der Waals surface area (Å²) >= 11 is 3.48. The molecule has 1 unspecified atom stereocenters. The van der Waals surface area contributed by atoms with Crippen molar-refractivity contribution < 1.29 is 14.3 Å². The minimum Gasteiger partial charge on any atom is -0.444 e. The molecule has 6 heteroatoms. The van der Waals surface area contributed by atoms with Gasteiger partial charge < -0.3 is 14.5 Å². The lowest BCUT2D eigenvalue weighted by Gasteiger charge is -2.35. The Kier molecular flexibility index (Phi) is 5.91. The van der Waals surface area contributed by atoms with Crippen molar-refractivity contribution >= 4 is 33.6 Å². The fourth-order valence-electron chi connectivity index (χ4n) is 2.79. The van der Waals surface area contributed by atoms with Crippen molar-refractivity contribution in [1.29, 1.82) is 0 Å². The van der Waals surface area contributed by atoms with Gasteiger partial charge >= 0.3 is 6.09 Å². The second-order valence-corrected chi connectivity index (χ2v) is 7.97. The minimum absolute atomic E-state index is 0.0233. The van der Waals surface area contributed by atoms with Crippen LogP contribution < -0.4 is 4.90 Å². The highest BCUT2D eigenvalue weighted by Crippen LogP contribution is 2.28. The van der Waals surface area contributed by atoms with Crippen molar-refractivity contribution in [2.24, 2.45) is 5.92 Å². The Labute approximate surface area is 152 Å². The molecule has 0 saturated carbocycles. The number of carbonyl (C=O) groups excluding carboxylic acids is 2. The molecule has 5 nitrogen and oxygen atoms in total. The van der Waals surface area contributed by atoms with E-state index in [1.807, 2.05) is 45.0 Å². The van der Waals surface area contributed by atoms with Gasteiger partial charge in [-0.05, 0) is 61.7 Å².